The molecule has 1 aliphatic heterocycles. The lowest BCUT2D eigenvalue weighted by molar-refractivity contribution is 0.232. The Labute approximate surface area is 197 Å². The molecule has 2 aromatic carbocycles. The minimum atomic E-state index is -0.207. The van der Waals surface area contributed by atoms with E-state index < -0.39 is 0 Å². The van der Waals surface area contributed by atoms with E-state index in [2.05, 4.69) is 46.4 Å². The Morgan fingerprint density at radius 1 is 1.00 bits per heavy atom. The number of ether oxygens (including phenoxy) is 1. The van der Waals surface area contributed by atoms with E-state index in [9.17, 15) is 0 Å². The number of halogens is 3. The number of pyridine rings is 1. The Hall–Kier alpha value is -2.46. The van der Waals surface area contributed by atoms with Crippen LogP contribution in [0.5, 0.6) is 5.88 Å². The van der Waals surface area contributed by atoms with E-state index in [0.29, 0.717) is 20.9 Å². The number of rotatable bonds is 6. The van der Waals surface area contributed by atoms with Crippen LogP contribution < -0.4 is 4.74 Å². The summed E-state index contributed by atoms with van der Waals surface area (Å²) >= 11 is 18.4. The zero-order valence-electron chi connectivity index (χ0n) is 16.9. The number of hydrogen-bond donors (Lipinski definition) is 0. The largest absolute Gasteiger partial charge is 0.470 e. The highest BCUT2D eigenvalue weighted by molar-refractivity contribution is 6.42. The minimum Gasteiger partial charge on any atom is -0.470 e. The Morgan fingerprint density at radius 2 is 1.81 bits per heavy atom. The van der Waals surface area contributed by atoms with E-state index >= 15 is 0 Å². The van der Waals surface area contributed by atoms with E-state index in [1.807, 2.05) is 31.2 Å². The summed E-state index contributed by atoms with van der Waals surface area (Å²) in [7, 11) is 0. The Morgan fingerprint density at radius 3 is 2.52 bits per heavy atom. The molecule has 0 radical (unpaired) electrons. The van der Waals surface area contributed by atoms with E-state index in [1.165, 1.54) is 5.56 Å². The van der Waals surface area contributed by atoms with Crippen LogP contribution in [0.2, 0.25) is 15.1 Å². The normalized spacial score (nSPS) is 14.6. The van der Waals surface area contributed by atoms with Gasteiger partial charge in [0.15, 0.2) is 0 Å². The molecule has 1 aliphatic rings. The highest BCUT2D eigenvalue weighted by Crippen LogP contribution is 2.33. The first kappa shape index (κ1) is 21.8. The fraction of sp³-hybridized carbons (Fsp3) is 0.160. The van der Waals surface area contributed by atoms with Gasteiger partial charge in [0, 0.05) is 31.6 Å². The number of aromatic nitrogens is 1. The number of benzene rings is 2. The lowest BCUT2D eigenvalue weighted by Gasteiger charge is -2.31. The van der Waals surface area contributed by atoms with Gasteiger partial charge in [-0.15, -0.1) is 0 Å². The van der Waals surface area contributed by atoms with Crippen molar-refractivity contribution in [3.05, 3.63) is 111 Å². The van der Waals surface area contributed by atoms with Crippen molar-refractivity contribution in [2.24, 2.45) is 0 Å². The molecule has 0 N–H and O–H groups in total. The first-order valence-electron chi connectivity index (χ1n) is 9.92. The van der Waals surface area contributed by atoms with Crippen LogP contribution in [0.4, 0.5) is 0 Å². The molecule has 6 heteroatoms. The molecule has 1 unspecified atom stereocenters. The van der Waals surface area contributed by atoms with Crippen molar-refractivity contribution >= 4 is 40.4 Å². The molecular formula is C25H21Cl3N2O. The maximum atomic E-state index is 6.30. The van der Waals surface area contributed by atoms with Crippen molar-refractivity contribution in [1.82, 2.24) is 9.88 Å². The van der Waals surface area contributed by atoms with Crippen LogP contribution in [0.1, 0.15) is 18.1 Å². The highest BCUT2D eigenvalue weighted by Gasteiger charge is 2.22. The van der Waals surface area contributed by atoms with Gasteiger partial charge in [-0.2, -0.15) is 0 Å². The molecular weight excluding hydrogens is 451 g/mol. The minimum absolute atomic E-state index is 0.207. The fourth-order valence-corrected chi connectivity index (χ4v) is 3.96. The van der Waals surface area contributed by atoms with Gasteiger partial charge in [0.1, 0.15) is 6.10 Å². The van der Waals surface area contributed by atoms with Crippen LogP contribution >= 0.6 is 34.8 Å². The summed E-state index contributed by atoms with van der Waals surface area (Å²) in [6, 6.07) is 19.6. The quantitative estimate of drug-likeness (QED) is 0.377. The van der Waals surface area contributed by atoms with Crippen LogP contribution in [0.25, 0.3) is 5.57 Å². The first-order valence-corrected chi connectivity index (χ1v) is 11.1. The van der Waals surface area contributed by atoms with Crippen LogP contribution in [0.3, 0.4) is 0 Å². The van der Waals surface area contributed by atoms with Crippen molar-refractivity contribution in [3.63, 3.8) is 0 Å². The van der Waals surface area contributed by atoms with Gasteiger partial charge in [-0.05, 0) is 53.5 Å². The average Bonchev–Trinajstić information content (AvgIpc) is 2.78. The van der Waals surface area contributed by atoms with Gasteiger partial charge in [0.2, 0.25) is 5.88 Å². The average molecular weight is 472 g/mol. The second-order valence-corrected chi connectivity index (χ2v) is 8.60. The van der Waals surface area contributed by atoms with E-state index in [1.54, 1.807) is 18.3 Å². The third kappa shape index (κ3) is 5.43. The molecule has 0 aliphatic carbocycles. The molecule has 0 amide bonds. The van der Waals surface area contributed by atoms with E-state index in [-0.39, 0.29) is 6.10 Å². The zero-order chi connectivity index (χ0) is 21.8. The lowest BCUT2D eigenvalue weighted by Crippen LogP contribution is -2.30. The zero-order valence-corrected chi connectivity index (χ0v) is 19.2. The van der Waals surface area contributed by atoms with Crippen LogP contribution in [0, 0.1) is 0 Å². The summed E-state index contributed by atoms with van der Waals surface area (Å²) in [5.41, 5.74) is 4.45. The van der Waals surface area contributed by atoms with Crippen molar-refractivity contribution in [2.45, 2.75) is 19.6 Å². The number of hydrogen-bond acceptors (Lipinski definition) is 3. The van der Waals surface area contributed by atoms with Gasteiger partial charge in [0.05, 0.1) is 15.1 Å². The topological polar surface area (TPSA) is 25.4 Å². The van der Waals surface area contributed by atoms with Gasteiger partial charge in [0.25, 0.3) is 0 Å². The standard InChI is InChI=1S/C25H21Cl3N2O/c1-17(31-25-10-8-20(26)14-29-25)22-16-30(15-18-5-3-2-4-6-18)12-11-21(22)19-7-9-23(27)24(28)13-19/h2-14,17H,15-16H2,1H3. The summed E-state index contributed by atoms with van der Waals surface area (Å²) in [5.74, 6) is 0.530. The monoisotopic (exact) mass is 470 g/mol. The number of nitrogens with zero attached hydrogens (tertiary/aromatic N) is 2. The molecule has 0 spiro atoms. The van der Waals surface area contributed by atoms with Crippen molar-refractivity contribution in [2.75, 3.05) is 6.54 Å². The number of allylic oxidation sites excluding steroid dienone is 2. The third-order valence-electron chi connectivity index (χ3n) is 5.12. The molecule has 158 valence electrons. The molecule has 3 nitrogen and oxygen atoms in total. The summed E-state index contributed by atoms with van der Waals surface area (Å²) in [5, 5.41) is 1.64. The molecule has 0 saturated carbocycles. The Kier molecular flexibility index (Phi) is 6.86. The van der Waals surface area contributed by atoms with Crippen molar-refractivity contribution in [3.8, 4) is 5.88 Å². The van der Waals surface area contributed by atoms with Crippen LogP contribution in [-0.4, -0.2) is 22.5 Å². The summed E-state index contributed by atoms with van der Waals surface area (Å²) in [6.45, 7) is 3.56. The molecule has 1 atom stereocenters. The fourth-order valence-electron chi connectivity index (χ4n) is 3.55. The van der Waals surface area contributed by atoms with Gasteiger partial charge in [-0.25, -0.2) is 4.98 Å². The smallest absolute Gasteiger partial charge is 0.213 e. The second kappa shape index (κ2) is 9.78. The molecule has 31 heavy (non-hydrogen) atoms. The molecule has 0 bridgehead atoms. The maximum Gasteiger partial charge on any atom is 0.213 e. The van der Waals surface area contributed by atoms with Crippen LogP contribution in [-0.2, 0) is 6.54 Å². The molecule has 3 aromatic rings. The van der Waals surface area contributed by atoms with E-state index in [0.717, 1.165) is 29.8 Å². The highest BCUT2D eigenvalue weighted by atomic mass is 35.5. The summed E-state index contributed by atoms with van der Waals surface area (Å²) in [4.78, 5) is 6.54. The Balaban J connectivity index is 1.65. The van der Waals surface area contributed by atoms with Crippen LogP contribution in [0.15, 0.2) is 84.7 Å². The second-order valence-electron chi connectivity index (χ2n) is 7.35. The Bertz CT molecular complexity index is 1110. The van der Waals surface area contributed by atoms with Crippen molar-refractivity contribution < 1.29 is 4.74 Å². The van der Waals surface area contributed by atoms with Gasteiger partial charge in [-0.1, -0.05) is 71.2 Å². The van der Waals surface area contributed by atoms with Crippen molar-refractivity contribution in [1.29, 1.82) is 0 Å². The van der Waals surface area contributed by atoms with Gasteiger partial charge in [-0.3, -0.25) is 0 Å². The predicted octanol–water partition coefficient (Wildman–Crippen LogP) is 7.29. The van der Waals surface area contributed by atoms with Gasteiger partial charge < -0.3 is 9.64 Å². The lowest BCUT2D eigenvalue weighted by atomic mass is 9.94. The third-order valence-corrected chi connectivity index (χ3v) is 6.08. The maximum absolute atomic E-state index is 6.30. The molecule has 0 fully saturated rings. The summed E-state index contributed by atoms with van der Waals surface area (Å²) in [6.07, 6.45) is 5.60. The summed E-state index contributed by atoms with van der Waals surface area (Å²) < 4.78 is 6.17. The van der Waals surface area contributed by atoms with Gasteiger partial charge >= 0.3 is 0 Å². The molecule has 0 saturated heterocycles. The SMILES string of the molecule is CC(Oc1ccc(Cl)cn1)C1=C(c2ccc(Cl)c(Cl)c2)C=CN(Cc2ccccc2)C1. The molecule has 2 heterocycles. The molecule has 4 rings (SSSR count). The van der Waals surface area contributed by atoms with E-state index in [4.69, 9.17) is 39.5 Å². The predicted molar refractivity (Wildman–Crippen MR) is 129 cm³/mol. The first-order chi connectivity index (χ1) is 15.0. The molecule has 1 aromatic heterocycles.